The first-order valence-electron chi connectivity index (χ1n) is 11.4. The van der Waals surface area contributed by atoms with Crippen molar-refractivity contribution >= 4 is 34.0 Å². The molecule has 1 N–H and O–H groups in total. The Morgan fingerprint density at radius 3 is 2.59 bits per heavy atom. The molecular weight excluding hydrogens is 454 g/mol. The third kappa shape index (κ3) is 6.07. The first kappa shape index (κ1) is 23.6. The van der Waals surface area contributed by atoms with Gasteiger partial charge in [-0.05, 0) is 44.4 Å². The molecule has 0 saturated carbocycles. The molecule has 9 nitrogen and oxygen atoms in total. The van der Waals surface area contributed by atoms with Crippen LogP contribution in [0.1, 0.15) is 31.9 Å². The van der Waals surface area contributed by atoms with Crippen LogP contribution in [0.2, 0.25) is 0 Å². The Morgan fingerprint density at radius 1 is 1.09 bits per heavy atom. The average Bonchev–Trinajstić information content (AvgIpc) is 3.27. The van der Waals surface area contributed by atoms with Gasteiger partial charge in [-0.25, -0.2) is 9.67 Å². The van der Waals surface area contributed by atoms with E-state index in [1.165, 1.54) is 42.4 Å². The number of benzene rings is 1. The molecule has 1 aliphatic heterocycles. The van der Waals surface area contributed by atoms with Gasteiger partial charge in [-0.3, -0.25) is 14.4 Å². The van der Waals surface area contributed by atoms with Crippen LogP contribution in [0.5, 0.6) is 0 Å². The molecule has 2 aromatic heterocycles. The number of ether oxygens (including phenoxy) is 1. The number of rotatable bonds is 8. The molecule has 1 amide bonds. The molecule has 1 fully saturated rings. The van der Waals surface area contributed by atoms with Gasteiger partial charge in [0.1, 0.15) is 6.54 Å². The predicted molar refractivity (Wildman–Crippen MR) is 131 cm³/mol. The first-order valence-corrected chi connectivity index (χ1v) is 12.2. The molecule has 1 aromatic carbocycles. The average molecular weight is 482 g/mol. The second-order valence-corrected chi connectivity index (χ2v) is 8.84. The molecule has 0 bridgehead atoms. The smallest absolute Gasteiger partial charge is 0.311 e. The van der Waals surface area contributed by atoms with Gasteiger partial charge in [0.25, 0.3) is 5.56 Å². The zero-order valence-electron chi connectivity index (χ0n) is 19.0. The third-order valence-electron chi connectivity index (χ3n) is 5.47. The summed E-state index contributed by atoms with van der Waals surface area (Å²) >= 11 is 1.20. The number of carbonyl (C=O) groups is 2. The third-order valence-corrected chi connectivity index (χ3v) is 6.28. The van der Waals surface area contributed by atoms with E-state index in [2.05, 4.69) is 32.4 Å². The van der Waals surface area contributed by atoms with Crippen LogP contribution in [-0.4, -0.2) is 46.3 Å². The van der Waals surface area contributed by atoms with E-state index < -0.39 is 5.91 Å². The van der Waals surface area contributed by atoms with Gasteiger partial charge in [-0.2, -0.15) is 5.10 Å². The van der Waals surface area contributed by atoms with E-state index in [0.717, 1.165) is 23.3 Å². The van der Waals surface area contributed by atoms with E-state index in [1.54, 1.807) is 18.4 Å². The monoisotopic (exact) mass is 481 g/mol. The maximum Gasteiger partial charge on any atom is 0.311 e. The van der Waals surface area contributed by atoms with E-state index >= 15 is 0 Å². The maximum atomic E-state index is 12.5. The van der Waals surface area contributed by atoms with Crippen molar-refractivity contribution < 1.29 is 14.3 Å². The molecule has 178 valence electrons. The normalized spacial score (nSPS) is 13.5. The standard InChI is InChI=1S/C24H27N5O4S/c1-2-33-23(32)14-18-16-34-24(25-18)26-21(30)15-29-22(31)11-10-20(27-29)17-6-8-19(9-7-17)28-12-4-3-5-13-28/h6-11,16H,2-5,12-15H2,1H3,(H,25,26,30). The molecule has 0 aliphatic carbocycles. The summed E-state index contributed by atoms with van der Waals surface area (Å²) in [5, 5.41) is 9.07. The van der Waals surface area contributed by atoms with Gasteiger partial charge >= 0.3 is 5.97 Å². The Bertz CT molecular complexity index is 1200. The Kier molecular flexibility index (Phi) is 7.69. The minimum absolute atomic E-state index is 0.0415. The summed E-state index contributed by atoms with van der Waals surface area (Å²) in [6.45, 7) is 3.93. The van der Waals surface area contributed by atoms with Gasteiger partial charge in [-0.1, -0.05) is 12.1 Å². The molecule has 0 radical (unpaired) electrons. The van der Waals surface area contributed by atoms with E-state index in [0.29, 0.717) is 23.1 Å². The van der Waals surface area contributed by atoms with Crippen molar-refractivity contribution in [3.05, 3.63) is 57.8 Å². The van der Waals surface area contributed by atoms with E-state index in [-0.39, 0.29) is 24.5 Å². The van der Waals surface area contributed by atoms with Crippen LogP contribution in [0.3, 0.4) is 0 Å². The number of aromatic nitrogens is 3. The van der Waals surface area contributed by atoms with Crippen molar-refractivity contribution in [1.82, 2.24) is 14.8 Å². The zero-order valence-corrected chi connectivity index (χ0v) is 19.8. The summed E-state index contributed by atoms with van der Waals surface area (Å²) in [5.74, 6) is -0.800. The quantitative estimate of drug-likeness (QED) is 0.493. The van der Waals surface area contributed by atoms with Crippen LogP contribution in [0.25, 0.3) is 11.3 Å². The Balaban J connectivity index is 1.40. The second kappa shape index (κ2) is 11.1. The highest BCUT2D eigenvalue weighted by Crippen LogP contribution is 2.24. The highest BCUT2D eigenvalue weighted by atomic mass is 32.1. The summed E-state index contributed by atoms with van der Waals surface area (Å²) in [4.78, 5) is 43.0. The number of amides is 1. The number of carbonyl (C=O) groups excluding carboxylic acids is 2. The zero-order chi connectivity index (χ0) is 23.9. The van der Waals surface area contributed by atoms with Crippen molar-refractivity contribution in [2.24, 2.45) is 0 Å². The molecule has 0 spiro atoms. The number of piperidine rings is 1. The molecule has 4 rings (SSSR count). The number of esters is 1. The largest absolute Gasteiger partial charge is 0.466 e. The summed E-state index contributed by atoms with van der Waals surface area (Å²) in [6.07, 6.45) is 3.75. The maximum absolute atomic E-state index is 12.5. The number of nitrogens with one attached hydrogen (secondary N) is 1. The van der Waals surface area contributed by atoms with Crippen LogP contribution < -0.4 is 15.8 Å². The summed E-state index contributed by atoms with van der Waals surface area (Å²) in [5.41, 5.74) is 2.82. The lowest BCUT2D eigenvalue weighted by atomic mass is 10.1. The van der Waals surface area contributed by atoms with Crippen molar-refractivity contribution in [2.75, 3.05) is 29.9 Å². The molecular formula is C24H27N5O4S. The molecule has 0 unspecified atom stereocenters. The van der Waals surface area contributed by atoms with Crippen molar-refractivity contribution in [3.8, 4) is 11.3 Å². The van der Waals surface area contributed by atoms with Gasteiger partial charge in [-0.15, -0.1) is 11.3 Å². The van der Waals surface area contributed by atoms with Crippen LogP contribution >= 0.6 is 11.3 Å². The molecule has 34 heavy (non-hydrogen) atoms. The van der Waals surface area contributed by atoms with Crippen LogP contribution in [0, 0.1) is 0 Å². The van der Waals surface area contributed by atoms with Gasteiger partial charge in [0.2, 0.25) is 5.91 Å². The second-order valence-electron chi connectivity index (χ2n) is 7.98. The topological polar surface area (TPSA) is 106 Å². The minimum atomic E-state index is -0.427. The van der Waals surface area contributed by atoms with Gasteiger partial charge in [0.05, 0.1) is 24.4 Å². The fourth-order valence-corrected chi connectivity index (χ4v) is 4.54. The highest BCUT2D eigenvalue weighted by Gasteiger charge is 2.14. The van der Waals surface area contributed by atoms with Crippen LogP contribution in [-0.2, 0) is 27.3 Å². The van der Waals surface area contributed by atoms with E-state index in [4.69, 9.17) is 4.74 Å². The fraction of sp³-hybridized carbons (Fsp3) is 0.375. The number of hydrogen-bond donors (Lipinski definition) is 1. The summed E-state index contributed by atoms with van der Waals surface area (Å²) in [6, 6.07) is 11.2. The molecule has 3 heterocycles. The lowest BCUT2D eigenvalue weighted by Gasteiger charge is -2.28. The first-order chi connectivity index (χ1) is 16.5. The lowest BCUT2D eigenvalue weighted by molar-refractivity contribution is -0.142. The molecule has 0 atom stereocenters. The predicted octanol–water partition coefficient (Wildman–Crippen LogP) is 3.10. The Morgan fingerprint density at radius 2 is 1.85 bits per heavy atom. The van der Waals surface area contributed by atoms with E-state index in [9.17, 15) is 14.4 Å². The van der Waals surface area contributed by atoms with Crippen molar-refractivity contribution in [3.63, 3.8) is 0 Å². The minimum Gasteiger partial charge on any atom is -0.466 e. The van der Waals surface area contributed by atoms with Crippen molar-refractivity contribution in [2.45, 2.75) is 39.2 Å². The van der Waals surface area contributed by atoms with Crippen LogP contribution in [0.4, 0.5) is 10.8 Å². The molecule has 3 aromatic rings. The van der Waals surface area contributed by atoms with Gasteiger partial charge in [0, 0.05) is 35.8 Å². The number of nitrogens with zero attached hydrogens (tertiary/aromatic N) is 4. The van der Waals surface area contributed by atoms with Gasteiger partial charge in [0.15, 0.2) is 5.13 Å². The summed E-state index contributed by atoms with van der Waals surface area (Å²) < 4.78 is 6.04. The van der Waals surface area contributed by atoms with Crippen LogP contribution in [0.15, 0.2) is 46.6 Å². The Labute approximate surface area is 201 Å². The van der Waals surface area contributed by atoms with Gasteiger partial charge < -0.3 is 15.0 Å². The molecule has 1 aliphatic rings. The number of hydrogen-bond acceptors (Lipinski definition) is 8. The van der Waals surface area contributed by atoms with E-state index in [1.807, 2.05) is 12.1 Å². The Hall–Kier alpha value is -3.53. The summed E-state index contributed by atoms with van der Waals surface area (Å²) in [7, 11) is 0. The number of anilines is 2. The number of thiazole rings is 1. The van der Waals surface area contributed by atoms with Crippen molar-refractivity contribution in [1.29, 1.82) is 0 Å². The highest BCUT2D eigenvalue weighted by molar-refractivity contribution is 7.13. The molecule has 10 heteroatoms. The SMILES string of the molecule is CCOC(=O)Cc1csc(NC(=O)Cn2nc(-c3ccc(N4CCCCC4)cc3)ccc2=O)n1. The fourth-order valence-electron chi connectivity index (χ4n) is 3.81. The molecule has 1 saturated heterocycles. The lowest BCUT2D eigenvalue weighted by Crippen LogP contribution is -2.29.